The first-order valence-electron chi connectivity index (χ1n) is 6.33. The average Bonchev–Trinajstić information content (AvgIpc) is 3.05. The first-order valence-corrected chi connectivity index (χ1v) is 7.12. The van der Waals surface area contributed by atoms with Gasteiger partial charge in [-0.05, 0) is 40.9 Å². The second-order valence-corrected chi connectivity index (χ2v) is 5.53. The molecule has 2 aromatic rings. The maximum atomic E-state index is 13.4. The van der Waals surface area contributed by atoms with Crippen molar-refractivity contribution < 1.29 is 19.0 Å². The molecular formula is C13H11BrFN3O3. The van der Waals surface area contributed by atoms with Crippen molar-refractivity contribution in [2.45, 2.75) is 18.9 Å². The molecule has 8 heteroatoms. The van der Waals surface area contributed by atoms with Crippen LogP contribution in [-0.2, 0) is 9.53 Å². The van der Waals surface area contributed by atoms with E-state index in [9.17, 15) is 14.3 Å². The smallest absolute Gasteiger partial charge is 0.293 e. The molecular weight excluding hydrogens is 345 g/mol. The molecule has 1 saturated heterocycles. The van der Waals surface area contributed by atoms with Gasteiger partial charge in [0.05, 0.1) is 5.52 Å². The number of rotatable bonds is 2. The third kappa shape index (κ3) is 2.68. The molecule has 1 aromatic carbocycles. The monoisotopic (exact) mass is 355 g/mol. The number of hydrogen-bond donors (Lipinski definition) is 2. The lowest BCUT2D eigenvalue weighted by atomic mass is 10.2. The van der Waals surface area contributed by atoms with E-state index in [0.29, 0.717) is 28.4 Å². The number of fused-ring (bicyclic) bond motifs is 1. The second kappa shape index (κ2) is 5.53. The lowest BCUT2D eigenvalue weighted by Crippen LogP contribution is -2.16. The zero-order valence-electron chi connectivity index (χ0n) is 10.8. The van der Waals surface area contributed by atoms with Gasteiger partial charge in [0.2, 0.25) is 5.88 Å². The van der Waals surface area contributed by atoms with Crippen LogP contribution in [-0.4, -0.2) is 28.7 Å². The summed E-state index contributed by atoms with van der Waals surface area (Å²) < 4.78 is 19.1. The number of aromatic hydroxyl groups is 1. The van der Waals surface area contributed by atoms with Crippen molar-refractivity contribution in [2.75, 3.05) is 6.61 Å². The topological polar surface area (TPSA) is 87.0 Å². The van der Waals surface area contributed by atoms with Gasteiger partial charge in [-0.1, -0.05) is 0 Å². The first kappa shape index (κ1) is 14.2. The van der Waals surface area contributed by atoms with Crippen molar-refractivity contribution in [3.63, 3.8) is 0 Å². The summed E-state index contributed by atoms with van der Waals surface area (Å²) in [5.74, 6) is -1.27. The largest absolute Gasteiger partial charge is 0.493 e. The quantitative estimate of drug-likeness (QED) is 0.807. The van der Waals surface area contributed by atoms with E-state index in [1.165, 1.54) is 12.1 Å². The number of benzene rings is 1. The highest BCUT2D eigenvalue weighted by Crippen LogP contribution is 2.39. The van der Waals surface area contributed by atoms with Gasteiger partial charge in [-0.25, -0.2) is 4.39 Å². The lowest BCUT2D eigenvalue weighted by molar-refractivity contribution is -0.126. The van der Waals surface area contributed by atoms with Gasteiger partial charge in [0.1, 0.15) is 11.9 Å². The van der Waals surface area contributed by atoms with Gasteiger partial charge in [-0.2, -0.15) is 0 Å². The van der Waals surface area contributed by atoms with E-state index in [1.54, 1.807) is 0 Å². The normalized spacial score (nSPS) is 18.9. The van der Waals surface area contributed by atoms with Crippen molar-refractivity contribution in [3.8, 4) is 5.88 Å². The summed E-state index contributed by atoms with van der Waals surface area (Å²) in [5, 5.41) is 17.5. The summed E-state index contributed by atoms with van der Waals surface area (Å²) >= 11 is 3.19. The molecule has 1 aliphatic heterocycles. The molecule has 1 aromatic heterocycles. The van der Waals surface area contributed by atoms with Crippen molar-refractivity contribution in [1.29, 1.82) is 0 Å². The molecule has 0 radical (unpaired) electrons. The standard InChI is InChI=1S/C13H11BrFN3O3/c14-8-5-6(15)4-7-10(8)16-13(20)11(7)17-18-12(19)9-2-1-3-21-9/h4-5,9,16,20H,1-3H2/t9-/m1/s1. The molecule has 110 valence electrons. The maximum Gasteiger partial charge on any atom is 0.293 e. The third-order valence-corrected chi connectivity index (χ3v) is 3.86. The molecule has 0 spiro atoms. The van der Waals surface area contributed by atoms with E-state index in [-0.39, 0.29) is 11.6 Å². The number of hydrogen-bond acceptors (Lipinski definition) is 4. The Labute approximate surface area is 127 Å². The van der Waals surface area contributed by atoms with Crippen LogP contribution in [0.5, 0.6) is 5.88 Å². The van der Waals surface area contributed by atoms with Crippen LogP contribution < -0.4 is 0 Å². The zero-order chi connectivity index (χ0) is 15.0. The molecule has 21 heavy (non-hydrogen) atoms. The number of aromatic nitrogens is 1. The van der Waals surface area contributed by atoms with Crippen LogP contribution in [0.15, 0.2) is 26.8 Å². The number of H-pyrrole nitrogens is 1. The van der Waals surface area contributed by atoms with Crippen LogP contribution in [0.25, 0.3) is 10.9 Å². The highest BCUT2D eigenvalue weighted by Gasteiger charge is 2.24. The molecule has 0 saturated carbocycles. The van der Waals surface area contributed by atoms with E-state index >= 15 is 0 Å². The number of ether oxygens (including phenoxy) is 1. The van der Waals surface area contributed by atoms with Crippen LogP contribution in [0.2, 0.25) is 0 Å². The molecule has 1 aliphatic rings. The zero-order valence-corrected chi connectivity index (χ0v) is 12.4. The molecule has 2 heterocycles. The van der Waals surface area contributed by atoms with E-state index in [4.69, 9.17) is 4.74 Å². The van der Waals surface area contributed by atoms with E-state index < -0.39 is 17.8 Å². The molecule has 1 amide bonds. The van der Waals surface area contributed by atoms with Crippen molar-refractivity contribution in [2.24, 2.45) is 10.2 Å². The minimum Gasteiger partial charge on any atom is -0.493 e. The van der Waals surface area contributed by atoms with Gasteiger partial charge in [0.25, 0.3) is 5.91 Å². The number of azo groups is 1. The fourth-order valence-electron chi connectivity index (χ4n) is 2.23. The lowest BCUT2D eigenvalue weighted by Gasteiger charge is -2.01. The fourth-order valence-corrected chi connectivity index (χ4v) is 2.76. The summed E-state index contributed by atoms with van der Waals surface area (Å²) in [6.45, 7) is 0.530. The first-order chi connectivity index (χ1) is 10.1. The number of carbonyl (C=O) groups is 1. The summed E-state index contributed by atoms with van der Waals surface area (Å²) in [5.41, 5.74) is 0.504. The van der Waals surface area contributed by atoms with Crippen molar-refractivity contribution in [3.05, 3.63) is 22.4 Å². The van der Waals surface area contributed by atoms with Crippen LogP contribution in [0, 0.1) is 5.82 Å². The Hall–Kier alpha value is -1.80. The van der Waals surface area contributed by atoms with E-state index in [0.717, 1.165) is 6.42 Å². The number of nitrogens with one attached hydrogen (secondary N) is 1. The van der Waals surface area contributed by atoms with Gasteiger partial charge in [0, 0.05) is 16.5 Å². The molecule has 1 fully saturated rings. The van der Waals surface area contributed by atoms with Gasteiger partial charge < -0.3 is 14.8 Å². The van der Waals surface area contributed by atoms with Crippen LogP contribution in [0.3, 0.4) is 0 Å². The summed E-state index contributed by atoms with van der Waals surface area (Å²) in [6.07, 6.45) is 0.838. The van der Waals surface area contributed by atoms with Crippen LogP contribution in [0.1, 0.15) is 12.8 Å². The predicted molar refractivity (Wildman–Crippen MR) is 76.1 cm³/mol. The Balaban J connectivity index is 1.96. The number of aromatic amines is 1. The highest BCUT2D eigenvalue weighted by molar-refractivity contribution is 9.10. The third-order valence-electron chi connectivity index (χ3n) is 3.23. The summed E-state index contributed by atoms with van der Waals surface area (Å²) in [6, 6.07) is 2.47. The Morgan fingerprint density at radius 3 is 3.05 bits per heavy atom. The SMILES string of the molecule is O=C(N=Nc1c(O)[nH]c2c(Br)cc(F)cc12)[C@H]1CCCO1. The number of carbonyl (C=O) groups excluding carboxylic acids is 1. The average molecular weight is 356 g/mol. The van der Waals surface area contributed by atoms with E-state index in [1.807, 2.05) is 0 Å². The Morgan fingerprint density at radius 1 is 1.52 bits per heavy atom. The van der Waals surface area contributed by atoms with Crippen LogP contribution >= 0.6 is 15.9 Å². The summed E-state index contributed by atoms with van der Waals surface area (Å²) in [7, 11) is 0. The molecule has 0 bridgehead atoms. The van der Waals surface area contributed by atoms with Gasteiger partial charge in [-0.15, -0.1) is 10.2 Å². The molecule has 0 aliphatic carbocycles. The van der Waals surface area contributed by atoms with Crippen LogP contribution in [0.4, 0.5) is 10.1 Å². The minimum atomic E-state index is -0.579. The molecule has 3 rings (SSSR count). The van der Waals surface area contributed by atoms with Gasteiger partial charge >= 0.3 is 0 Å². The van der Waals surface area contributed by atoms with Gasteiger partial charge in [-0.3, -0.25) is 4.79 Å². The van der Waals surface area contributed by atoms with E-state index in [2.05, 4.69) is 31.1 Å². The molecule has 1 atom stereocenters. The number of amides is 1. The van der Waals surface area contributed by atoms with Crippen molar-refractivity contribution >= 4 is 38.4 Å². The van der Waals surface area contributed by atoms with Gasteiger partial charge in [0.15, 0.2) is 5.69 Å². The second-order valence-electron chi connectivity index (χ2n) is 4.67. The Morgan fingerprint density at radius 2 is 2.33 bits per heavy atom. The maximum absolute atomic E-state index is 13.4. The Bertz CT molecular complexity index is 738. The Kier molecular flexibility index (Phi) is 3.73. The van der Waals surface area contributed by atoms with Crippen molar-refractivity contribution in [1.82, 2.24) is 4.98 Å². The minimum absolute atomic E-state index is 0.0246. The summed E-state index contributed by atoms with van der Waals surface area (Å²) in [4.78, 5) is 14.4. The number of halogens is 2. The predicted octanol–water partition coefficient (Wildman–Crippen LogP) is 3.56. The number of nitrogens with zero attached hydrogens (tertiary/aromatic N) is 2. The fraction of sp³-hybridized carbons (Fsp3) is 0.308. The molecule has 0 unspecified atom stereocenters. The molecule has 6 nitrogen and oxygen atoms in total. The molecule has 2 N–H and O–H groups in total. The highest BCUT2D eigenvalue weighted by atomic mass is 79.9.